The lowest BCUT2D eigenvalue weighted by Crippen LogP contribution is -2.26. The van der Waals surface area contributed by atoms with Crippen LogP contribution in [-0.2, 0) is 6.54 Å². The summed E-state index contributed by atoms with van der Waals surface area (Å²) in [4.78, 5) is 14.7. The van der Waals surface area contributed by atoms with Gasteiger partial charge >= 0.3 is 0 Å². The first-order valence-electron chi connectivity index (χ1n) is 9.73. The fourth-order valence-electron chi connectivity index (χ4n) is 3.38. The van der Waals surface area contributed by atoms with E-state index in [0.29, 0.717) is 35.2 Å². The van der Waals surface area contributed by atoms with Gasteiger partial charge in [0.15, 0.2) is 11.5 Å². The van der Waals surface area contributed by atoms with E-state index in [1.165, 1.54) is 7.11 Å². The molecule has 0 fully saturated rings. The molecule has 0 spiro atoms. The number of aromatic nitrogens is 2. The minimum Gasteiger partial charge on any atom is -0.493 e. The number of carbonyl (C=O) groups is 1. The van der Waals surface area contributed by atoms with E-state index in [0.717, 1.165) is 22.6 Å². The van der Waals surface area contributed by atoms with Crippen LogP contribution in [0.5, 0.6) is 11.5 Å². The quantitative estimate of drug-likeness (QED) is 0.542. The summed E-state index contributed by atoms with van der Waals surface area (Å²) in [7, 11) is 3.29. The van der Waals surface area contributed by atoms with Gasteiger partial charge in [0.1, 0.15) is 0 Å². The van der Waals surface area contributed by atoms with E-state index in [1.807, 2.05) is 55.8 Å². The van der Waals surface area contributed by atoms with E-state index in [-0.39, 0.29) is 5.91 Å². The van der Waals surface area contributed by atoms with Gasteiger partial charge in [0.05, 0.1) is 30.1 Å². The maximum absolute atomic E-state index is 13.1. The van der Waals surface area contributed by atoms with Gasteiger partial charge in [0.2, 0.25) is 0 Å². The normalized spacial score (nSPS) is 10.7. The zero-order valence-corrected chi connectivity index (χ0v) is 18.7. The standard InChI is InChI=1S/C23H26ClN3O3/c1-6-30-22-20(24)12-17(13-21(22)29-5)23(28)26(4)14-19-15(2)25-27(16(19)3)18-10-8-7-9-11-18/h7-13H,6,14H2,1-5H3. The molecule has 3 rings (SSSR count). The Morgan fingerprint density at radius 1 is 1.20 bits per heavy atom. The maximum Gasteiger partial charge on any atom is 0.254 e. The van der Waals surface area contributed by atoms with Crippen molar-refractivity contribution in [2.24, 2.45) is 0 Å². The molecule has 7 heteroatoms. The third-order valence-corrected chi connectivity index (χ3v) is 5.23. The van der Waals surface area contributed by atoms with Crippen LogP contribution in [0.3, 0.4) is 0 Å². The minimum atomic E-state index is -0.162. The molecule has 1 heterocycles. The fourth-order valence-corrected chi connectivity index (χ4v) is 3.65. The summed E-state index contributed by atoms with van der Waals surface area (Å²) in [6.45, 7) is 6.71. The van der Waals surface area contributed by atoms with Crippen molar-refractivity contribution in [1.82, 2.24) is 14.7 Å². The molecule has 0 saturated heterocycles. The summed E-state index contributed by atoms with van der Waals surface area (Å²) >= 11 is 6.33. The molecule has 1 aromatic heterocycles. The molecule has 3 aromatic rings. The van der Waals surface area contributed by atoms with E-state index >= 15 is 0 Å². The van der Waals surface area contributed by atoms with E-state index in [4.69, 9.17) is 21.1 Å². The van der Waals surface area contributed by atoms with Crippen LogP contribution in [0.4, 0.5) is 0 Å². The average molecular weight is 428 g/mol. The monoisotopic (exact) mass is 427 g/mol. The van der Waals surface area contributed by atoms with Crippen molar-refractivity contribution in [3.8, 4) is 17.2 Å². The number of benzene rings is 2. The Labute approximate surface area is 182 Å². The molecular formula is C23H26ClN3O3. The Hall–Kier alpha value is -2.99. The highest BCUT2D eigenvalue weighted by atomic mass is 35.5. The SMILES string of the molecule is CCOc1c(Cl)cc(C(=O)N(C)Cc2c(C)nn(-c3ccccc3)c2C)cc1OC. The number of hydrogen-bond donors (Lipinski definition) is 0. The number of aryl methyl sites for hydroxylation is 1. The summed E-state index contributed by atoms with van der Waals surface area (Å²) in [5.41, 5.74) is 4.33. The fraction of sp³-hybridized carbons (Fsp3) is 0.304. The first kappa shape index (κ1) is 21.7. The van der Waals surface area contributed by atoms with Gasteiger partial charge in [-0.15, -0.1) is 0 Å². The molecule has 0 aliphatic heterocycles. The Bertz CT molecular complexity index is 1050. The van der Waals surface area contributed by atoms with Crippen LogP contribution >= 0.6 is 11.6 Å². The van der Waals surface area contributed by atoms with E-state index < -0.39 is 0 Å². The van der Waals surface area contributed by atoms with Gasteiger partial charge in [0.25, 0.3) is 5.91 Å². The smallest absolute Gasteiger partial charge is 0.254 e. The molecule has 0 bridgehead atoms. The highest BCUT2D eigenvalue weighted by molar-refractivity contribution is 6.32. The van der Waals surface area contributed by atoms with E-state index in [1.54, 1.807) is 24.1 Å². The predicted octanol–water partition coefficient (Wildman–Crippen LogP) is 4.82. The molecule has 158 valence electrons. The second-order valence-corrected chi connectivity index (χ2v) is 7.39. The molecule has 2 aromatic carbocycles. The van der Waals surface area contributed by atoms with Gasteiger partial charge in [-0.1, -0.05) is 29.8 Å². The number of rotatable bonds is 7. The number of nitrogens with zero attached hydrogens (tertiary/aromatic N) is 3. The number of hydrogen-bond acceptors (Lipinski definition) is 4. The van der Waals surface area contributed by atoms with Crippen LogP contribution in [0.15, 0.2) is 42.5 Å². The van der Waals surface area contributed by atoms with Crippen LogP contribution < -0.4 is 9.47 Å². The first-order valence-corrected chi connectivity index (χ1v) is 10.1. The molecular weight excluding hydrogens is 402 g/mol. The highest BCUT2D eigenvalue weighted by Gasteiger charge is 2.21. The van der Waals surface area contributed by atoms with Crippen molar-refractivity contribution in [3.05, 3.63) is 70.0 Å². The van der Waals surface area contributed by atoms with Gasteiger partial charge in [-0.3, -0.25) is 4.79 Å². The topological polar surface area (TPSA) is 56.6 Å². The first-order chi connectivity index (χ1) is 14.4. The molecule has 0 N–H and O–H groups in total. The average Bonchev–Trinajstić information content (AvgIpc) is 3.03. The molecule has 0 aliphatic rings. The van der Waals surface area contributed by atoms with E-state index in [9.17, 15) is 4.79 Å². The van der Waals surface area contributed by atoms with Crippen molar-refractivity contribution in [2.45, 2.75) is 27.3 Å². The molecule has 0 unspecified atom stereocenters. The largest absolute Gasteiger partial charge is 0.493 e. The predicted molar refractivity (Wildman–Crippen MR) is 118 cm³/mol. The van der Waals surface area contributed by atoms with Gasteiger partial charge < -0.3 is 14.4 Å². The Morgan fingerprint density at radius 2 is 1.90 bits per heavy atom. The number of halogens is 1. The van der Waals surface area contributed by atoms with Crippen molar-refractivity contribution in [2.75, 3.05) is 20.8 Å². The van der Waals surface area contributed by atoms with Crippen molar-refractivity contribution >= 4 is 17.5 Å². The van der Waals surface area contributed by atoms with E-state index in [2.05, 4.69) is 5.10 Å². The zero-order valence-electron chi connectivity index (χ0n) is 17.9. The number of ether oxygens (including phenoxy) is 2. The van der Waals surface area contributed by atoms with Crippen LogP contribution in [0, 0.1) is 13.8 Å². The third-order valence-electron chi connectivity index (χ3n) is 4.95. The number of methoxy groups -OCH3 is 1. The summed E-state index contributed by atoms with van der Waals surface area (Å²) < 4.78 is 12.8. The zero-order chi connectivity index (χ0) is 21.8. The number of amides is 1. The molecule has 30 heavy (non-hydrogen) atoms. The molecule has 1 amide bonds. The summed E-state index contributed by atoms with van der Waals surface area (Å²) in [6, 6.07) is 13.2. The van der Waals surface area contributed by atoms with Gasteiger partial charge in [0, 0.05) is 30.4 Å². The number of para-hydroxylation sites is 1. The lowest BCUT2D eigenvalue weighted by Gasteiger charge is -2.19. The minimum absolute atomic E-state index is 0.162. The van der Waals surface area contributed by atoms with Gasteiger partial charge in [-0.2, -0.15) is 5.10 Å². The summed E-state index contributed by atoms with van der Waals surface area (Å²) in [5.74, 6) is 0.714. The van der Waals surface area contributed by atoms with Crippen LogP contribution in [-0.4, -0.2) is 41.4 Å². The van der Waals surface area contributed by atoms with Gasteiger partial charge in [-0.05, 0) is 45.0 Å². The third kappa shape index (κ3) is 4.28. The van der Waals surface area contributed by atoms with Crippen molar-refractivity contribution in [3.63, 3.8) is 0 Å². The summed E-state index contributed by atoms with van der Waals surface area (Å²) in [6.07, 6.45) is 0. The Morgan fingerprint density at radius 3 is 2.53 bits per heavy atom. The second-order valence-electron chi connectivity index (χ2n) is 6.98. The van der Waals surface area contributed by atoms with Gasteiger partial charge in [-0.25, -0.2) is 4.68 Å². The Balaban J connectivity index is 1.86. The number of carbonyl (C=O) groups excluding carboxylic acids is 1. The van der Waals surface area contributed by atoms with Crippen molar-refractivity contribution in [1.29, 1.82) is 0 Å². The lowest BCUT2D eigenvalue weighted by atomic mass is 10.1. The summed E-state index contributed by atoms with van der Waals surface area (Å²) in [5, 5.41) is 5.00. The molecule has 0 saturated carbocycles. The molecule has 0 aliphatic carbocycles. The van der Waals surface area contributed by atoms with Crippen LogP contribution in [0.1, 0.15) is 34.2 Å². The lowest BCUT2D eigenvalue weighted by molar-refractivity contribution is 0.0784. The maximum atomic E-state index is 13.1. The molecule has 0 atom stereocenters. The van der Waals surface area contributed by atoms with Crippen LogP contribution in [0.2, 0.25) is 5.02 Å². The molecule has 6 nitrogen and oxygen atoms in total. The Kier molecular flexibility index (Phi) is 6.67. The molecule has 0 radical (unpaired) electrons. The van der Waals surface area contributed by atoms with Crippen molar-refractivity contribution < 1.29 is 14.3 Å². The second kappa shape index (κ2) is 9.22. The highest BCUT2D eigenvalue weighted by Crippen LogP contribution is 2.36. The van der Waals surface area contributed by atoms with Crippen LogP contribution in [0.25, 0.3) is 5.69 Å².